The van der Waals surface area contributed by atoms with Crippen LogP contribution in [-0.2, 0) is 11.3 Å². The molecule has 0 radical (unpaired) electrons. The maximum Gasteiger partial charge on any atom is 0.409 e. The van der Waals surface area contributed by atoms with Gasteiger partial charge in [0, 0.05) is 38.6 Å². The minimum Gasteiger partial charge on any atom is -0.448 e. The summed E-state index contributed by atoms with van der Waals surface area (Å²) in [5.74, 6) is 0. The molecule has 1 fully saturated rings. The normalized spacial score (nSPS) is 14.8. The fourth-order valence-corrected chi connectivity index (χ4v) is 2.94. The van der Waals surface area contributed by atoms with E-state index < -0.39 is 0 Å². The Kier molecular flexibility index (Phi) is 5.08. The van der Waals surface area contributed by atoms with Gasteiger partial charge in [0.25, 0.3) is 0 Å². The fraction of sp³-hybridized carbons (Fsp3) is 0.353. The van der Waals surface area contributed by atoms with Crippen molar-refractivity contribution >= 4 is 23.4 Å². The van der Waals surface area contributed by atoms with Crippen LogP contribution in [0, 0.1) is 0 Å². The molecular weight excluding hydrogens is 314 g/mol. The van der Waals surface area contributed by atoms with Crippen LogP contribution >= 0.6 is 11.6 Å². The van der Waals surface area contributed by atoms with Crippen molar-refractivity contribution in [3.05, 3.63) is 53.8 Å². The Morgan fingerprint density at radius 1 is 1.04 bits per heavy atom. The van der Waals surface area contributed by atoms with Crippen LogP contribution in [0.3, 0.4) is 0 Å². The number of halogens is 1. The third-order valence-corrected chi connectivity index (χ3v) is 4.29. The maximum atomic E-state index is 12.1. The molecule has 0 aliphatic carbocycles. The highest BCUT2D eigenvalue weighted by molar-refractivity contribution is 6.33. The lowest BCUT2D eigenvalue weighted by atomic mass is 10.2. The zero-order valence-corrected chi connectivity index (χ0v) is 13.7. The van der Waals surface area contributed by atoms with Crippen LogP contribution in [0.2, 0.25) is 5.02 Å². The van der Waals surface area contributed by atoms with Gasteiger partial charge in [-0.05, 0) is 24.3 Å². The van der Waals surface area contributed by atoms with Gasteiger partial charge >= 0.3 is 6.09 Å². The Morgan fingerprint density at radius 3 is 2.43 bits per heavy atom. The van der Waals surface area contributed by atoms with Crippen LogP contribution in [0.1, 0.15) is 0 Å². The molecule has 1 aromatic heterocycles. The second kappa shape index (κ2) is 7.42. The summed E-state index contributed by atoms with van der Waals surface area (Å²) < 4.78 is 7.33. The molecule has 0 bridgehead atoms. The molecule has 0 atom stereocenters. The number of carbonyl (C=O) groups excluding carboxylic acids is 1. The predicted molar refractivity (Wildman–Crippen MR) is 91.0 cm³/mol. The minimum absolute atomic E-state index is 0.240. The van der Waals surface area contributed by atoms with Crippen LogP contribution in [0.25, 0.3) is 0 Å². The Morgan fingerprint density at radius 2 is 1.74 bits per heavy atom. The number of benzene rings is 1. The topological polar surface area (TPSA) is 37.7 Å². The van der Waals surface area contributed by atoms with E-state index in [0.29, 0.717) is 26.2 Å². The maximum absolute atomic E-state index is 12.1. The van der Waals surface area contributed by atoms with Crippen molar-refractivity contribution in [1.29, 1.82) is 0 Å². The van der Waals surface area contributed by atoms with E-state index >= 15 is 0 Å². The first kappa shape index (κ1) is 15.7. The molecule has 2 heterocycles. The summed E-state index contributed by atoms with van der Waals surface area (Å²) in [6.45, 7) is 3.88. The molecule has 0 saturated carbocycles. The summed E-state index contributed by atoms with van der Waals surface area (Å²) in [5, 5.41) is 0.746. The van der Waals surface area contributed by atoms with Gasteiger partial charge in [-0.25, -0.2) is 4.79 Å². The minimum atomic E-state index is -0.240. The largest absolute Gasteiger partial charge is 0.448 e. The fourth-order valence-electron chi connectivity index (χ4n) is 2.69. The Balaban J connectivity index is 1.45. The zero-order valence-electron chi connectivity index (χ0n) is 12.9. The molecule has 0 N–H and O–H groups in total. The molecule has 1 saturated heterocycles. The quantitative estimate of drug-likeness (QED) is 0.863. The molecule has 3 rings (SSSR count). The summed E-state index contributed by atoms with van der Waals surface area (Å²) in [5.41, 5.74) is 1.02. The predicted octanol–water partition coefficient (Wildman–Crippen LogP) is 3.10. The number of piperazine rings is 1. The molecule has 23 heavy (non-hydrogen) atoms. The van der Waals surface area contributed by atoms with Crippen molar-refractivity contribution in [2.45, 2.75) is 6.54 Å². The molecule has 0 unspecified atom stereocenters. The number of rotatable bonds is 4. The van der Waals surface area contributed by atoms with E-state index in [4.69, 9.17) is 16.3 Å². The smallest absolute Gasteiger partial charge is 0.409 e. The van der Waals surface area contributed by atoms with Crippen LogP contribution in [0.4, 0.5) is 10.5 Å². The van der Waals surface area contributed by atoms with Crippen LogP contribution in [0.15, 0.2) is 48.8 Å². The first-order chi connectivity index (χ1) is 11.2. The van der Waals surface area contributed by atoms with Gasteiger partial charge < -0.3 is 19.1 Å². The van der Waals surface area contributed by atoms with E-state index in [1.54, 1.807) is 4.90 Å². The Bertz CT molecular complexity index is 637. The lowest BCUT2D eigenvalue weighted by molar-refractivity contribution is 0.0971. The van der Waals surface area contributed by atoms with E-state index in [-0.39, 0.29) is 6.09 Å². The summed E-state index contributed by atoms with van der Waals surface area (Å²) in [4.78, 5) is 16.0. The molecule has 1 amide bonds. The monoisotopic (exact) mass is 333 g/mol. The first-order valence-corrected chi connectivity index (χ1v) is 8.14. The average Bonchev–Trinajstić information content (AvgIpc) is 3.09. The summed E-state index contributed by atoms with van der Waals surface area (Å²) >= 11 is 6.22. The SMILES string of the molecule is O=C(OCCn1cccc1)N1CCN(c2ccccc2Cl)CC1. The van der Waals surface area contributed by atoms with Crippen LogP contribution < -0.4 is 4.90 Å². The summed E-state index contributed by atoms with van der Waals surface area (Å²) in [6.07, 6.45) is 3.67. The average molecular weight is 334 g/mol. The summed E-state index contributed by atoms with van der Waals surface area (Å²) in [6, 6.07) is 11.7. The number of nitrogens with zero attached hydrogens (tertiary/aromatic N) is 3. The Labute approximate surface area is 141 Å². The van der Waals surface area contributed by atoms with Gasteiger partial charge in [-0.3, -0.25) is 0 Å². The standard InChI is InChI=1S/C17H20ClN3O2/c18-15-5-1-2-6-16(15)20-9-11-21(12-10-20)17(22)23-14-13-19-7-3-4-8-19/h1-8H,9-14H2. The number of ether oxygens (including phenoxy) is 1. The molecule has 1 aromatic carbocycles. The molecule has 0 spiro atoms. The van der Waals surface area contributed by atoms with E-state index in [0.717, 1.165) is 23.8 Å². The van der Waals surface area contributed by atoms with Crippen molar-refractivity contribution in [2.75, 3.05) is 37.7 Å². The summed E-state index contributed by atoms with van der Waals surface area (Å²) in [7, 11) is 0. The zero-order chi connectivity index (χ0) is 16.1. The number of hydrogen-bond donors (Lipinski definition) is 0. The molecule has 2 aromatic rings. The number of hydrogen-bond acceptors (Lipinski definition) is 3. The molecule has 1 aliphatic rings. The van der Waals surface area contributed by atoms with Gasteiger partial charge in [-0.15, -0.1) is 0 Å². The highest BCUT2D eigenvalue weighted by atomic mass is 35.5. The van der Waals surface area contributed by atoms with Crippen molar-refractivity contribution in [1.82, 2.24) is 9.47 Å². The van der Waals surface area contributed by atoms with E-state index in [2.05, 4.69) is 4.90 Å². The third-order valence-electron chi connectivity index (χ3n) is 3.97. The van der Waals surface area contributed by atoms with Crippen molar-refractivity contribution in [3.63, 3.8) is 0 Å². The second-order valence-electron chi connectivity index (χ2n) is 5.46. The highest BCUT2D eigenvalue weighted by Crippen LogP contribution is 2.26. The molecule has 5 nitrogen and oxygen atoms in total. The van der Waals surface area contributed by atoms with Gasteiger partial charge in [0.15, 0.2) is 0 Å². The van der Waals surface area contributed by atoms with E-state index in [1.165, 1.54) is 0 Å². The molecule has 1 aliphatic heterocycles. The van der Waals surface area contributed by atoms with Gasteiger partial charge in [-0.2, -0.15) is 0 Å². The van der Waals surface area contributed by atoms with Gasteiger partial charge in [0.1, 0.15) is 6.61 Å². The van der Waals surface area contributed by atoms with Gasteiger partial charge in [-0.1, -0.05) is 23.7 Å². The number of carbonyl (C=O) groups is 1. The number of amides is 1. The molecular formula is C17H20ClN3O2. The molecule has 6 heteroatoms. The number of aromatic nitrogens is 1. The third kappa shape index (κ3) is 3.99. The van der Waals surface area contributed by atoms with Crippen molar-refractivity contribution < 1.29 is 9.53 Å². The van der Waals surface area contributed by atoms with Gasteiger partial charge in [0.05, 0.1) is 17.3 Å². The van der Waals surface area contributed by atoms with Gasteiger partial charge in [0.2, 0.25) is 0 Å². The second-order valence-corrected chi connectivity index (χ2v) is 5.87. The van der Waals surface area contributed by atoms with E-state index in [1.807, 2.05) is 53.4 Å². The lowest BCUT2D eigenvalue weighted by Crippen LogP contribution is -2.49. The molecule has 122 valence electrons. The lowest BCUT2D eigenvalue weighted by Gasteiger charge is -2.35. The Hall–Kier alpha value is -2.14. The van der Waals surface area contributed by atoms with Crippen molar-refractivity contribution in [2.24, 2.45) is 0 Å². The van der Waals surface area contributed by atoms with E-state index in [9.17, 15) is 4.79 Å². The number of para-hydroxylation sites is 1. The number of anilines is 1. The highest BCUT2D eigenvalue weighted by Gasteiger charge is 2.23. The van der Waals surface area contributed by atoms with Crippen LogP contribution in [-0.4, -0.2) is 48.3 Å². The van der Waals surface area contributed by atoms with Crippen LogP contribution in [0.5, 0.6) is 0 Å². The first-order valence-electron chi connectivity index (χ1n) is 7.76. The van der Waals surface area contributed by atoms with Crippen molar-refractivity contribution in [3.8, 4) is 0 Å².